The minimum atomic E-state index is -0.464. The minimum absolute atomic E-state index is 0.115. The Morgan fingerprint density at radius 2 is 2.24 bits per heavy atom. The van der Waals surface area contributed by atoms with Crippen LogP contribution in [0.25, 0.3) is 0 Å². The van der Waals surface area contributed by atoms with Crippen LogP contribution in [0.4, 0.5) is 11.5 Å². The maximum atomic E-state index is 12.1. The monoisotopic (exact) mass is 324 g/mol. The largest absolute Gasteiger partial charge is 0.383 e. The lowest BCUT2D eigenvalue weighted by Gasteiger charge is -2.11. The van der Waals surface area contributed by atoms with Crippen LogP contribution in [-0.2, 0) is 4.79 Å². The molecule has 0 aliphatic heterocycles. The summed E-state index contributed by atoms with van der Waals surface area (Å²) in [6.45, 7) is 1.70. The van der Waals surface area contributed by atoms with Crippen molar-refractivity contribution >= 4 is 40.8 Å². The van der Waals surface area contributed by atoms with E-state index in [2.05, 4.69) is 15.3 Å². The van der Waals surface area contributed by atoms with Crippen molar-refractivity contribution in [2.75, 3.05) is 11.1 Å². The molecule has 2 aromatic rings. The van der Waals surface area contributed by atoms with Crippen LogP contribution in [0.15, 0.2) is 40.3 Å². The summed E-state index contributed by atoms with van der Waals surface area (Å²) in [5.74, 6) is -0.115. The quantitative estimate of drug-likeness (QED) is 0.590. The molecule has 6 nitrogen and oxygen atoms in total. The first kappa shape index (κ1) is 15.4. The van der Waals surface area contributed by atoms with Crippen LogP contribution < -0.4 is 16.6 Å². The Morgan fingerprint density at radius 3 is 2.90 bits per heavy atom. The molecule has 1 aromatic heterocycles. The molecule has 0 saturated carbocycles. The molecule has 0 bridgehead atoms. The average molecular weight is 325 g/mol. The zero-order chi connectivity index (χ0) is 15.4. The van der Waals surface area contributed by atoms with Crippen LogP contribution >= 0.6 is 23.4 Å². The third kappa shape index (κ3) is 4.51. The fraction of sp³-hybridized carbons (Fsp3) is 0.154. The SMILES string of the molecule is C[C@H](Sc1nc(N)cc(=O)[nH]1)C(=O)Nc1cccc(Cl)c1. The maximum absolute atomic E-state index is 12.1. The van der Waals surface area contributed by atoms with Crippen LogP contribution in [0.1, 0.15) is 6.92 Å². The summed E-state index contributed by atoms with van der Waals surface area (Å²) in [7, 11) is 0. The van der Waals surface area contributed by atoms with E-state index in [-0.39, 0.29) is 17.3 Å². The first-order chi connectivity index (χ1) is 9.94. The molecule has 8 heteroatoms. The van der Waals surface area contributed by atoms with Crippen molar-refractivity contribution in [3.8, 4) is 0 Å². The molecule has 4 N–H and O–H groups in total. The van der Waals surface area contributed by atoms with Crippen molar-refractivity contribution in [2.45, 2.75) is 17.3 Å². The van der Waals surface area contributed by atoms with Crippen LogP contribution in [0.3, 0.4) is 0 Å². The number of hydrogen-bond donors (Lipinski definition) is 3. The van der Waals surface area contributed by atoms with Crippen molar-refractivity contribution in [3.05, 3.63) is 45.7 Å². The topological polar surface area (TPSA) is 101 Å². The van der Waals surface area contributed by atoms with E-state index < -0.39 is 5.25 Å². The summed E-state index contributed by atoms with van der Waals surface area (Å²) in [6, 6.07) is 8.03. The van der Waals surface area contributed by atoms with Crippen molar-refractivity contribution in [2.24, 2.45) is 0 Å². The number of amides is 1. The number of hydrogen-bond acceptors (Lipinski definition) is 5. The molecule has 0 spiro atoms. The van der Waals surface area contributed by atoms with Gasteiger partial charge in [0.15, 0.2) is 5.16 Å². The van der Waals surface area contributed by atoms with Gasteiger partial charge in [-0.3, -0.25) is 9.59 Å². The molecule has 0 fully saturated rings. The molecule has 0 unspecified atom stereocenters. The smallest absolute Gasteiger partial charge is 0.253 e. The summed E-state index contributed by atoms with van der Waals surface area (Å²) < 4.78 is 0. The molecule has 0 aliphatic rings. The van der Waals surface area contributed by atoms with Gasteiger partial charge in [-0.1, -0.05) is 29.4 Å². The number of carbonyl (C=O) groups excluding carboxylic acids is 1. The third-order valence-corrected chi connectivity index (χ3v) is 3.71. The number of thioether (sulfide) groups is 1. The number of carbonyl (C=O) groups is 1. The Labute approximate surface area is 130 Å². The Hall–Kier alpha value is -1.99. The van der Waals surface area contributed by atoms with Gasteiger partial charge in [-0.05, 0) is 25.1 Å². The molecule has 1 amide bonds. The third-order valence-electron chi connectivity index (χ3n) is 2.49. The number of aromatic nitrogens is 2. The molecular formula is C13H13ClN4O2S. The summed E-state index contributed by atoms with van der Waals surface area (Å²) >= 11 is 6.96. The van der Waals surface area contributed by atoms with Gasteiger partial charge in [0, 0.05) is 16.8 Å². The lowest BCUT2D eigenvalue weighted by atomic mass is 10.3. The van der Waals surface area contributed by atoms with E-state index in [0.717, 1.165) is 11.8 Å². The number of nitrogens with one attached hydrogen (secondary N) is 2. The van der Waals surface area contributed by atoms with Gasteiger partial charge in [0.1, 0.15) is 5.82 Å². The number of halogens is 1. The second-order valence-electron chi connectivity index (χ2n) is 4.24. The summed E-state index contributed by atoms with van der Waals surface area (Å²) in [5.41, 5.74) is 5.74. The highest BCUT2D eigenvalue weighted by molar-refractivity contribution is 8.00. The van der Waals surface area contributed by atoms with Crippen LogP contribution in [0, 0.1) is 0 Å². The van der Waals surface area contributed by atoms with E-state index in [1.54, 1.807) is 31.2 Å². The van der Waals surface area contributed by atoms with E-state index in [9.17, 15) is 9.59 Å². The summed E-state index contributed by atoms with van der Waals surface area (Å²) in [6.07, 6.45) is 0. The van der Waals surface area contributed by atoms with E-state index in [4.69, 9.17) is 17.3 Å². The van der Waals surface area contributed by atoms with Crippen LogP contribution in [0.2, 0.25) is 5.02 Å². The highest BCUT2D eigenvalue weighted by Gasteiger charge is 2.16. The van der Waals surface area contributed by atoms with Gasteiger partial charge in [-0.25, -0.2) is 4.98 Å². The predicted molar refractivity (Wildman–Crippen MR) is 84.7 cm³/mol. The molecule has 110 valence electrons. The van der Waals surface area contributed by atoms with Gasteiger partial charge in [0.2, 0.25) is 5.91 Å². The fourth-order valence-electron chi connectivity index (χ4n) is 1.54. The first-order valence-electron chi connectivity index (χ1n) is 6.04. The van der Waals surface area contributed by atoms with E-state index in [1.807, 2.05) is 0 Å². The number of nitrogens with two attached hydrogens (primary N) is 1. The Balaban J connectivity index is 2.04. The zero-order valence-corrected chi connectivity index (χ0v) is 12.7. The maximum Gasteiger partial charge on any atom is 0.253 e. The predicted octanol–water partition coefficient (Wildman–Crippen LogP) is 2.12. The van der Waals surface area contributed by atoms with Gasteiger partial charge >= 0.3 is 0 Å². The van der Waals surface area contributed by atoms with Crippen molar-refractivity contribution in [1.82, 2.24) is 9.97 Å². The van der Waals surface area contributed by atoms with Crippen molar-refractivity contribution in [1.29, 1.82) is 0 Å². The van der Waals surface area contributed by atoms with Gasteiger partial charge in [0.25, 0.3) is 5.56 Å². The lowest BCUT2D eigenvalue weighted by molar-refractivity contribution is -0.115. The summed E-state index contributed by atoms with van der Waals surface area (Å²) in [4.78, 5) is 29.8. The second kappa shape index (κ2) is 6.64. The number of nitrogens with zero attached hydrogens (tertiary/aromatic N) is 1. The highest BCUT2D eigenvalue weighted by Crippen LogP contribution is 2.21. The molecule has 1 aromatic carbocycles. The van der Waals surface area contributed by atoms with Crippen molar-refractivity contribution < 1.29 is 4.79 Å². The highest BCUT2D eigenvalue weighted by atomic mass is 35.5. The standard InChI is InChI=1S/C13H13ClN4O2S/c1-7(21-13-17-10(15)6-11(19)18-13)12(20)16-9-4-2-3-8(14)5-9/h2-7H,1H3,(H,16,20)(H3,15,17,18,19)/t7-/m0/s1. The number of aromatic amines is 1. The Kier molecular flexibility index (Phi) is 4.87. The first-order valence-corrected chi connectivity index (χ1v) is 7.30. The summed E-state index contributed by atoms with van der Waals surface area (Å²) in [5, 5.41) is 3.11. The fourth-order valence-corrected chi connectivity index (χ4v) is 2.55. The van der Waals surface area contributed by atoms with Gasteiger partial charge in [-0.2, -0.15) is 0 Å². The second-order valence-corrected chi connectivity index (χ2v) is 6.00. The lowest BCUT2D eigenvalue weighted by Crippen LogP contribution is -2.23. The van der Waals surface area contributed by atoms with Crippen molar-refractivity contribution in [3.63, 3.8) is 0 Å². The Morgan fingerprint density at radius 1 is 1.48 bits per heavy atom. The van der Waals surface area contributed by atoms with Crippen LogP contribution in [0.5, 0.6) is 0 Å². The average Bonchev–Trinajstić information content (AvgIpc) is 2.37. The van der Waals surface area contributed by atoms with E-state index >= 15 is 0 Å². The Bertz CT molecular complexity index is 719. The molecule has 0 radical (unpaired) electrons. The van der Waals surface area contributed by atoms with Gasteiger partial charge < -0.3 is 16.0 Å². The molecule has 0 aliphatic carbocycles. The number of benzene rings is 1. The molecule has 1 atom stereocenters. The number of anilines is 2. The van der Waals surface area contributed by atoms with Gasteiger partial charge in [-0.15, -0.1) is 0 Å². The van der Waals surface area contributed by atoms with E-state index in [1.165, 1.54) is 6.07 Å². The zero-order valence-electron chi connectivity index (χ0n) is 11.1. The molecule has 21 heavy (non-hydrogen) atoms. The molecular weight excluding hydrogens is 312 g/mol. The number of rotatable bonds is 4. The van der Waals surface area contributed by atoms with E-state index in [0.29, 0.717) is 15.9 Å². The minimum Gasteiger partial charge on any atom is -0.383 e. The molecule has 1 heterocycles. The number of nitrogen functional groups attached to an aromatic ring is 1. The molecule has 2 rings (SSSR count). The van der Waals surface area contributed by atoms with Gasteiger partial charge in [0.05, 0.1) is 5.25 Å². The normalized spacial score (nSPS) is 11.9. The van der Waals surface area contributed by atoms with Crippen LogP contribution in [-0.4, -0.2) is 21.1 Å². The molecule has 0 saturated heterocycles. The number of H-pyrrole nitrogens is 1.